The number of aryl methyl sites for hydroxylation is 1. The first-order valence-electron chi connectivity index (χ1n) is 7.33. The normalized spacial score (nSPS) is 19.7. The van der Waals surface area contributed by atoms with Crippen LogP contribution >= 0.6 is 0 Å². The van der Waals surface area contributed by atoms with Crippen molar-refractivity contribution in [3.63, 3.8) is 0 Å². The Kier molecular flexibility index (Phi) is 5.41. The molecule has 2 heterocycles. The Morgan fingerprint density at radius 2 is 2.00 bits per heavy atom. The summed E-state index contributed by atoms with van der Waals surface area (Å²) in [5, 5.41) is 5.09. The number of carbonyl (C=O) groups is 1. The lowest BCUT2D eigenvalue weighted by atomic mass is 9.99. The van der Waals surface area contributed by atoms with Gasteiger partial charge < -0.3 is 9.47 Å². The van der Waals surface area contributed by atoms with Crippen LogP contribution in [0.2, 0.25) is 0 Å². The van der Waals surface area contributed by atoms with Crippen molar-refractivity contribution < 1.29 is 13.2 Å². The molecule has 118 valence electrons. The van der Waals surface area contributed by atoms with E-state index in [2.05, 4.69) is 0 Å². The number of primary sulfonamides is 1. The molecule has 0 radical (unpaired) electrons. The molecule has 1 saturated heterocycles. The molecule has 1 aliphatic heterocycles. The maximum absolute atomic E-state index is 12.2. The van der Waals surface area contributed by atoms with Crippen LogP contribution in [0, 0.1) is 5.92 Å². The van der Waals surface area contributed by atoms with Gasteiger partial charge in [0.05, 0.1) is 5.75 Å². The number of hydrogen-bond donors (Lipinski definition) is 1. The first-order chi connectivity index (χ1) is 9.94. The highest BCUT2D eigenvalue weighted by atomic mass is 32.2. The van der Waals surface area contributed by atoms with Crippen LogP contribution in [0.3, 0.4) is 0 Å². The predicted octanol–water partition coefficient (Wildman–Crippen LogP) is 0.795. The Morgan fingerprint density at radius 1 is 1.29 bits per heavy atom. The minimum absolute atomic E-state index is 0.0258. The van der Waals surface area contributed by atoms with Crippen LogP contribution in [-0.4, -0.2) is 42.6 Å². The fourth-order valence-corrected chi connectivity index (χ4v) is 3.78. The predicted molar refractivity (Wildman–Crippen MR) is 80.9 cm³/mol. The molecule has 1 unspecified atom stereocenters. The van der Waals surface area contributed by atoms with Crippen LogP contribution in [0.4, 0.5) is 0 Å². The highest BCUT2D eigenvalue weighted by molar-refractivity contribution is 7.89. The topological polar surface area (TPSA) is 85.4 Å². The molecular formula is C14H23N3O3S. The molecule has 2 rings (SSSR count). The number of carbonyl (C=O) groups excluding carboxylic acids is 1. The third-order valence-corrected chi connectivity index (χ3v) is 4.75. The van der Waals surface area contributed by atoms with Gasteiger partial charge in [0, 0.05) is 38.4 Å². The zero-order valence-electron chi connectivity index (χ0n) is 12.1. The fraction of sp³-hybridized carbons (Fsp3) is 0.643. The van der Waals surface area contributed by atoms with Crippen LogP contribution < -0.4 is 5.14 Å². The van der Waals surface area contributed by atoms with E-state index >= 15 is 0 Å². The van der Waals surface area contributed by atoms with Gasteiger partial charge in [-0.15, -0.1) is 0 Å². The van der Waals surface area contributed by atoms with Crippen molar-refractivity contribution in [2.45, 2.75) is 32.2 Å². The SMILES string of the molecule is NS(=O)(=O)CC1CCCN(C(=O)CCCn2cccc2)C1. The molecule has 21 heavy (non-hydrogen) atoms. The van der Waals surface area contributed by atoms with E-state index in [4.69, 9.17) is 5.14 Å². The van der Waals surface area contributed by atoms with Crippen molar-refractivity contribution in [2.75, 3.05) is 18.8 Å². The first kappa shape index (κ1) is 16.0. The van der Waals surface area contributed by atoms with Crippen LogP contribution in [0.25, 0.3) is 0 Å². The molecule has 6 nitrogen and oxygen atoms in total. The molecule has 7 heteroatoms. The molecule has 0 saturated carbocycles. The number of nitrogens with zero attached hydrogens (tertiary/aromatic N) is 2. The summed E-state index contributed by atoms with van der Waals surface area (Å²) in [6.07, 6.45) is 6.93. The third-order valence-electron chi connectivity index (χ3n) is 3.81. The molecule has 0 aliphatic carbocycles. The molecule has 1 atom stereocenters. The molecule has 0 aromatic carbocycles. The van der Waals surface area contributed by atoms with Gasteiger partial charge >= 0.3 is 0 Å². The number of piperidine rings is 1. The lowest BCUT2D eigenvalue weighted by Gasteiger charge is -2.32. The standard InChI is InChI=1S/C14H23N3O3S/c15-21(19,20)12-13-5-3-10-17(11-13)14(18)6-4-9-16-7-1-2-8-16/h1-2,7-8,13H,3-6,9-12H2,(H2,15,19,20). The number of likely N-dealkylation sites (tertiary alicyclic amines) is 1. The first-order valence-corrected chi connectivity index (χ1v) is 9.04. The van der Waals surface area contributed by atoms with E-state index in [1.54, 1.807) is 4.90 Å². The fourth-order valence-electron chi connectivity index (χ4n) is 2.85. The number of nitrogens with two attached hydrogens (primary N) is 1. The summed E-state index contributed by atoms with van der Waals surface area (Å²) in [5.41, 5.74) is 0. The Labute approximate surface area is 126 Å². The summed E-state index contributed by atoms with van der Waals surface area (Å²) in [6, 6.07) is 3.93. The van der Waals surface area contributed by atoms with Crippen LogP contribution in [0.5, 0.6) is 0 Å². The number of rotatable bonds is 6. The molecule has 0 bridgehead atoms. The third kappa shape index (κ3) is 5.51. The summed E-state index contributed by atoms with van der Waals surface area (Å²) in [5.74, 6) is 0.0589. The second-order valence-corrected chi connectivity index (χ2v) is 7.36. The van der Waals surface area contributed by atoms with Gasteiger partial charge in [-0.3, -0.25) is 4.79 Å². The van der Waals surface area contributed by atoms with Gasteiger partial charge in [0.2, 0.25) is 15.9 Å². The van der Waals surface area contributed by atoms with Crippen LogP contribution in [0.1, 0.15) is 25.7 Å². The van der Waals surface area contributed by atoms with Gasteiger partial charge in [0.15, 0.2) is 0 Å². The van der Waals surface area contributed by atoms with Crippen molar-refractivity contribution >= 4 is 15.9 Å². The number of sulfonamides is 1. The molecule has 0 spiro atoms. The van der Waals surface area contributed by atoms with E-state index in [1.807, 2.05) is 29.1 Å². The second kappa shape index (κ2) is 7.09. The average molecular weight is 313 g/mol. The monoisotopic (exact) mass is 313 g/mol. The number of amides is 1. The zero-order chi connectivity index (χ0) is 15.3. The Hall–Kier alpha value is -1.34. The van der Waals surface area contributed by atoms with Gasteiger partial charge in [0.1, 0.15) is 0 Å². The van der Waals surface area contributed by atoms with Crippen LogP contribution in [0.15, 0.2) is 24.5 Å². The van der Waals surface area contributed by atoms with Gasteiger partial charge in [-0.2, -0.15) is 0 Å². The van der Waals surface area contributed by atoms with Crippen LogP contribution in [-0.2, 0) is 21.4 Å². The second-order valence-electron chi connectivity index (χ2n) is 5.70. The Bertz CT molecular complexity index is 554. The summed E-state index contributed by atoms with van der Waals surface area (Å²) < 4.78 is 24.4. The van der Waals surface area contributed by atoms with Crippen molar-refractivity contribution in [1.29, 1.82) is 0 Å². The lowest BCUT2D eigenvalue weighted by Crippen LogP contribution is -2.42. The summed E-state index contributed by atoms with van der Waals surface area (Å²) in [7, 11) is -3.46. The van der Waals surface area contributed by atoms with Crippen molar-refractivity contribution in [1.82, 2.24) is 9.47 Å². The Balaban J connectivity index is 1.76. The van der Waals surface area contributed by atoms with Crippen molar-refractivity contribution in [2.24, 2.45) is 11.1 Å². The minimum Gasteiger partial charge on any atom is -0.354 e. The zero-order valence-corrected chi connectivity index (χ0v) is 13.0. The van der Waals surface area contributed by atoms with Gasteiger partial charge in [-0.05, 0) is 37.3 Å². The molecule has 1 aromatic heterocycles. The summed E-state index contributed by atoms with van der Waals surface area (Å²) >= 11 is 0. The Morgan fingerprint density at radius 3 is 2.67 bits per heavy atom. The minimum atomic E-state index is -3.46. The largest absolute Gasteiger partial charge is 0.354 e. The molecule has 2 N–H and O–H groups in total. The van der Waals surface area contributed by atoms with Crippen molar-refractivity contribution in [3.8, 4) is 0 Å². The van der Waals surface area contributed by atoms with E-state index in [1.165, 1.54) is 0 Å². The van der Waals surface area contributed by atoms with E-state index in [0.717, 1.165) is 32.4 Å². The molecule has 1 fully saturated rings. The maximum atomic E-state index is 12.2. The summed E-state index contributed by atoms with van der Waals surface area (Å²) in [6.45, 7) is 2.06. The van der Waals surface area contributed by atoms with E-state index in [-0.39, 0.29) is 17.6 Å². The average Bonchev–Trinajstić information content (AvgIpc) is 2.90. The number of hydrogen-bond acceptors (Lipinski definition) is 3. The smallest absolute Gasteiger partial charge is 0.222 e. The van der Waals surface area contributed by atoms with Gasteiger partial charge in [-0.25, -0.2) is 13.6 Å². The highest BCUT2D eigenvalue weighted by Crippen LogP contribution is 2.18. The maximum Gasteiger partial charge on any atom is 0.222 e. The van der Waals surface area contributed by atoms with Crippen molar-refractivity contribution in [3.05, 3.63) is 24.5 Å². The molecule has 1 aliphatic rings. The molecule has 1 aromatic rings. The van der Waals surface area contributed by atoms with Gasteiger partial charge in [0.25, 0.3) is 0 Å². The van der Waals surface area contributed by atoms with Gasteiger partial charge in [-0.1, -0.05) is 0 Å². The lowest BCUT2D eigenvalue weighted by molar-refractivity contribution is -0.133. The highest BCUT2D eigenvalue weighted by Gasteiger charge is 2.25. The quantitative estimate of drug-likeness (QED) is 0.842. The van der Waals surface area contributed by atoms with E-state index in [0.29, 0.717) is 13.0 Å². The van der Waals surface area contributed by atoms with E-state index < -0.39 is 10.0 Å². The molecular weight excluding hydrogens is 290 g/mol. The number of aromatic nitrogens is 1. The van der Waals surface area contributed by atoms with E-state index in [9.17, 15) is 13.2 Å². The summed E-state index contributed by atoms with van der Waals surface area (Å²) in [4.78, 5) is 14.0. The molecule has 1 amide bonds.